The molecule has 1 saturated heterocycles. The van der Waals surface area contributed by atoms with E-state index >= 15 is 0 Å². The molecule has 0 aromatic rings. The zero-order valence-electron chi connectivity index (χ0n) is 5.24. The summed E-state index contributed by atoms with van der Waals surface area (Å²) in [6.07, 6.45) is 0.260. The Morgan fingerprint density at radius 1 is 1.50 bits per heavy atom. The Morgan fingerprint density at radius 3 is 2.60 bits per heavy atom. The number of hydrogen-bond acceptors (Lipinski definition) is 3. The Hall–Kier alpha value is -1.06. The van der Waals surface area contributed by atoms with Crippen LogP contribution in [0, 0.1) is 0 Å². The Labute approximate surface area is 58.1 Å². The Balaban J connectivity index is 2.08. The van der Waals surface area contributed by atoms with Crippen LogP contribution in [0.5, 0.6) is 0 Å². The second-order valence-electron chi connectivity index (χ2n) is 2.57. The minimum Gasteiger partial charge on any atom is -0.393 e. The summed E-state index contributed by atoms with van der Waals surface area (Å²) in [5, 5.41) is 0. The molecule has 0 N–H and O–H groups in total. The second kappa shape index (κ2) is 1.72. The maximum Gasteiger partial charge on any atom is 0.313 e. The summed E-state index contributed by atoms with van der Waals surface area (Å²) in [5.74, 6) is 2.87. The van der Waals surface area contributed by atoms with Crippen LogP contribution in [-0.2, 0) is 14.3 Å². The van der Waals surface area contributed by atoms with Gasteiger partial charge in [0.1, 0.15) is 0 Å². The molecule has 2 rings (SSSR count). The van der Waals surface area contributed by atoms with Crippen molar-refractivity contribution >= 4 is 18.7 Å². The summed E-state index contributed by atoms with van der Waals surface area (Å²) in [7, 11) is 0. The first kappa shape index (κ1) is 5.71. The zero-order chi connectivity index (χ0) is 7.14. The number of rotatable bonds is 1. The number of carbonyl (C=O) groups is 2. The van der Waals surface area contributed by atoms with Crippen LogP contribution in [-0.4, -0.2) is 18.7 Å². The van der Waals surface area contributed by atoms with Gasteiger partial charge in [-0.05, 0) is 0 Å². The van der Waals surface area contributed by atoms with E-state index in [4.69, 9.17) is 0 Å². The van der Waals surface area contributed by atoms with E-state index in [1.807, 2.05) is 12.0 Å². The minimum atomic E-state index is -0.385. The van der Waals surface area contributed by atoms with Crippen molar-refractivity contribution in [1.29, 1.82) is 0 Å². The summed E-state index contributed by atoms with van der Waals surface area (Å²) in [4.78, 5) is 21.3. The highest BCUT2D eigenvalue weighted by molar-refractivity contribution is 6.83. The van der Waals surface area contributed by atoms with Gasteiger partial charge in [0.05, 0.1) is 12.2 Å². The van der Waals surface area contributed by atoms with Crippen LogP contribution in [0.4, 0.5) is 0 Å². The molecular formula is C6H5BO3. The molecule has 2 aliphatic heterocycles. The van der Waals surface area contributed by atoms with E-state index in [0.29, 0.717) is 0 Å². The van der Waals surface area contributed by atoms with E-state index in [2.05, 4.69) is 4.74 Å². The van der Waals surface area contributed by atoms with Crippen molar-refractivity contribution in [3.05, 3.63) is 12.0 Å². The number of ether oxygens (including phenoxy) is 1. The van der Waals surface area contributed by atoms with E-state index in [0.717, 1.165) is 0 Å². The van der Waals surface area contributed by atoms with Crippen molar-refractivity contribution in [2.75, 3.05) is 0 Å². The number of cyclic esters (lactones) is 2. The summed E-state index contributed by atoms with van der Waals surface area (Å²) < 4.78 is 4.36. The van der Waals surface area contributed by atoms with Gasteiger partial charge in [-0.25, -0.2) is 0 Å². The lowest BCUT2D eigenvalue weighted by Crippen LogP contribution is -2.10. The van der Waals surface area contributed by atoms with Crippen LogP contribution in [0.25, 0.3) is 0 Å². The quantitative estimate of drug-likeness (QED) is 0.289. The first-order chi connectivity index (χ1) is 4.77. The van der Waals surface area contributed by atoms with Gasteiger partial charge >= 0.3 is 11.9 Å². The third-order valence-electron chi connectivity index (χ3n) is 1.78. The zero-order valence-corrected chi connectivity index (χ0v) is 5.24. The van der Waals surface area contributed by atoms with Gasteiger partial charge in [0.15, 0.2) is 0 Å². The number of esters is 2. The monoisotopic (exact) mass is 136 g/mol. The maximum absolute atomic E-state index is 10.8. The van der Waals surface area contributed by atoms with E-state index < -0.39 is 0 Å². The summed E-state index contributed by atoms with van der Waals surface area (Å²) >= 11 is 0. The van der Waals surface area contributed by atoms with Gasteiger partial charge in [0.2, 0.25) is 6.71 Å². The molecule has 3 nitrogen and oxygen atoms in total. The smallest absolute Gasteiger partial charge is 0.313 e. The topological polar surface area (TPSA) is 43.4 Å². The van der Waals surface area contributed by atoms with Crippen molar-refractivity contribution in [3.63, 3.8) is 0 Å². The van der Waals surface area contributed by atoms with Gasteiger partial charge in [-0.1, -0.05) is 0 Å². The molecule has 50 valence electrons. The molecule has 0 bridgehead atoms. The maximum atomic E-state index is 10.8. The van der Waals surface area contributed by atoms with Gasteiger partial charge in [-0.2, -0.15) is 0 Å². The molecule has 0 amide bonds. The normalized spacial score (nSPS) is 29.2. The van der Waals surface area contributed by atoms with E-state index in [1.54, 1.807) is 0 Å². The highest BCUT2D eigenvalue weighted by Crippen LogP contribution is 2.30. The summed E-state index contributed by atoms with van der Waals surface area (Å²) in [6.45, 7) is 0.207. The Morgan fingerprint density at radius 2 is 2.20 bits per heavy atom. The molecule has 1 fully saturated rings. The fourth-order valence-corrected chi connectivity index (χ4v) is 1.12. The predicted molar refractivity (Wildman–Crippen MR) is 34.4 cm³/mol. The van der Waals surface area contributed by atoms with E-state index in [1.165, 1.54) is 0 Å². The average Bonchev–Trinajstić information content (AvgIpc) is 2.61. The van der Waals surface area contributed by atoms with Crippen molar-refractivity contribution < 1.29 is 14.3 Å². The van der Waals surface area contributed by atoms with E-state index in [-0.39, 0.29) is 30.9 Å². The lowest BCUT2D eigenvalue weighted by Gasteiger charge is -1.94. The Bertz CT molecular complexity index is 227. The standard InChI is InChI=1S/C6H5BO3/c8-5-3-4(6(9)10-5)7-1-2-7/h1-2,4H,3H2. The SMILES string of the molecule is O=C1CC(B2C=C2)C(=O)O1. The summed E-state index contributed by atoms with van der Waals surface area (Å²) in [5.41, 5.74) is 0. The minimum absolute atomic E-state index is 0.201. The average molecular weight is 136 g/mol. The summed E-state index contributed by atoms with van der Waals surface area (Å²) in [6, 6.07) is 0. The first-order valence-corrected chi connectivity index (χ1v) is 3.20. The fourth-order valence-electron chi connectivity index (χ4n) is 1.12. The molecule has 0 spiro atoms. The van der Waals surface area contributed by atoms with Crippen LogP contribution in [0.1, 0.15) is 6.42 Å². The molecule has 0 radical (unpaired) electrons. The van der Waals surface area contributed by atoms with Gasteiger partial charge in [-0.3, -0.25) is 9.59 Å². The molecule has 2 heterocycles. The third-order valence-corrected chi connectivity index (χ3v) is 1.78. The van der Waals surface area contributed by atoms with Crippen molar-refractivity contribution in [1.82, 2.24) is 0 Å². The van der Waals surface area contributed by atoms with Crippen LogP contribution >= 0.6 is 0 Å². The lowest BCUT2D eigenvalue weighted by molar-refractivity contribution is -0.151. The van der Waals surface area contributed by atoms with Crippen LogP contribution in [0.15, 0.2) is 12.0 Å². The van der Waals surface area contributed by atoms with Crippen molar-refractivity contribution in [2.24, 2.45) is 0 Å². The first-order valence-electron chi connectivity index (χ1n) is 3.20. The van der Waals surface area contributed by atoms with Gasteiger partial charge in [-0.15, -0.1) is 12.0 Å². The largest absolute Gasteiger partial charge is 0.393 e. The molecule has 1 unspecified atom stereocenters. The predicted octanol–water partition coefficient (Wildman–Crippen LogP) is -0.0269. The molecule has 2 aliphatic rings. The molecule has 0 aliphatic carbocycles. The van der Waals surface area contributed by atoms with E-state index in [9.17, 15) is 9.59 Å². The lowest BCUT2D eigenvalue weighted by atomic mass is 9.54. The van der Waals surface area contributed by atoms with Crippen LogP contribution in [0.3, 0.4) is 0 Å². The second-order valence-corrected chi connectivity index (χ2v) is 2.57. The molecule has 0 aromatic carbocycles. The molecule has 1 atom stereocenters. The highest BCUT2D eigenvalue weighted by Gasteiger charge is 2.42. The van der Waals surface area contributed by atoms with Crippen molar-refractivity contribution in [2.45, 2.75) is 12.2 Å². The molecule has 4 heteroatoms. The van der Waals surface area contributed by atoms with Gasteiger partial charge in [0.25, 0.3) is 0 Å². The third kappa shape index (κ3) is 0.762. The Kier molecular flexibility index (Phi) is 0.979. The van der Waals surface area contributed by atoms with Crippen LogP contribution < -0.4 is 0 Å². The highest BCUT2D eigenvalue weighted by atomic mass is 16.6. The molecule has 0 saturated carbocycles. The molecule has 10 heavy (non-hydrogen) atoms. The van der Waals surface area contributed by atoms with Crippen molar-refractivity contribution in [3.8, 4) is 0 Å². The van der Waals surface area contributed by atoms with Gasteiger partial charge < -0.3 is 4.74 Å². The fraction of sp³-hybridized carbons (Fsp3) is 0.333. The molecular weight excluding hydrogens is 131 g/mol. The van der Waals surface area contributed by atoms with Gasteiger partial charge in [0, 0.05) is 0 Å². The molecule has 0 aromatic heterocycles. The number of hydrogen-bond donors (Lipinski definition) is 0. The number of carbonyl (C=O) groups excluding carboxylic acids is 2. The van der Waals surface area contributed by atoms with Crippen LogP contribution in [0.2, 0.25) is 5.82 Å².